The molecule has 1 aliphatic rings. The van der Waals surface area contributed by atoms with E-state index in [1.165, 1.54) is 0 Å². The Morgan fingerprint density at radius 2 is 2.25 bits per heavy atom. The molecule has 0 radical (unpaired) electrons. The number of aromatic nitrogens is 2. The van der Waals surface area contributed by atoms with Gasteiger partial charge in [-0.15, -0.1) is 0 Å². The smallest absolute Gasteiger partial charge is 0.253 e. The zero-order chi connectivity index (χ0) is 11.7. The molecular weight excluding hydrogens is 206 g/mol. The van der Waals surface area contributed by atoms with Crippen molar-refractivity contribution >= 4 is 11.6 Å². The lowest BCUT2D eigenvalue weighted by molar-refractivity contribution is -0.126. The summed E-state index contributed by atoms with van der Waals surface area (Å²) in [7, 11) is 0. The third-order valence-corrected chi connectivity index (χ3v) is 2.90. The Balaban J connectivity index is 2.02. The molecule has 2 atom stereocenters. The van der Waals surface area contributed by atoms with Gasteiger partial charge in [0.15, 0.2) is 0 Å². The molecule has 1 fully saturated rings. The van der Waals surface area contributed by atoms with E-state index < -0.39 is 0 Å². The molecule has 0 aromatic carbocycles. The quantitative estimate of drug-likeness (QED) is 0.799. The third-order valence-electron chi connectivity index (χ3n) is 2.90. The summed E-state index contributed by atoms with van der Waals surface area (Å²) in [6.07, 6.45) is 1.61. The van der Waals surface area contributed by atoms with E-state index in [2.05, 4.69) is 15.5 Å². The van der Waals surface area contributed by atoms with Gasteiger partial charge >= 0.3 is 0 Å². The Morgan fingerprint density at radius 1 is 1.50 bits per heavy atom. The maximum Gasteiger partial charge on any atom is 0.253 e. The van der Waals surface area contributed by atoms with Crippen molar-refractivity contribution in [2.24, 2.45) is 0 Å². The summed E-state index contributed by atoms with van der Waals surface area (Å²) in [5, 5.41) is 9.73. The van der Waals surface area contributed by atoms with Gasteiger partial charge in [-0.2, -0.15) is 5.10 Å². The van der Waals surface area contributed by atoms with E-state index >= 15 is 0 Å². The Hall–Kier alpha value is -1.36. The first-order valence-corrected chi connectivity index (χ1v) is 5.56. The fraction of sp³-hybridized carbons (Fsp3) is 0.636. The number of aromatic amines is 1. The maximum absolute atomic E-state index is 11.9. The number of nitrogens with one attached hydrogen (secondary N) is 2. The SMILES string of the molecule is Cc1n[nH]c(C)c1NC(=O)C1CCC(C)O1. The van der Waals surface area contributed by atoms with Crippen molar-refractivity contribution in [3.8, 4) is 0 Å². The summed E-state index contributed by atoms with van der Waals surface area (Å²) in [4.78, 5) is 11.9. The lowest BCUT2D eigenvalue weighted by Gasteiger charge is -2.11. The first kappa shape index (κ1) is 11.1. The predicted molar refractivity (Wildman–Crippen MR) is 60.3 cm³/mol. The third kappa shape index (κ3) is 2.09. The fourth-order valence-electron chi connectivity index (χ4n) is 1.93. The number of hydrogen-bond donors (Lipinski definition) is 2. The summed E-state index contributed by atoms with van der Waals surface area (Å²) in [5.74, 6) is -0.0723. The van der Waals surface area contributed by atoms with Gasteiger partial charge in [-0.25, -0.2) is 0 Å². The van der Waals surface area contributed by atoms with Gasteiger partial charge < -0.3 is 10.1 Å². The van der Waals surface area contributed by atoms with Gasteiger partial charge in [0.05, 0.1) is 23.2 Å². The van der Waals surface area contributed by atoms with Gasteiger partial charge in [0.25, 0.3) is 5.91 Å². The van der Waals surface area contributed by atoms with Gasteiger partial charge in [0.1, 0.15) is 6.10 Å². The molecule has 5 heteroatoms. The molecule has 1 saturated heterocycles. The lowest BCUT2D eigenvalue weighted by Crippen LogP contribution is -2.28. The number of amides is 1. The normalized spacial score (nSPS) is 24.7. The van der Waals surface area contributed by atoms with E-state index in [-0.39, 0.29) is 18.1 Å². The molecule has 2 rings (SSSR count). The van der Waals surface area contributed by atoms with Gasteiger partial charge in [-0.1, -0.05) is 0 Å². The second kappa shape index (κ2) is 4.25. The second-order valence-corrected chi connectivity index (χ2v) is 4.31. The number of aryl methyl sites for hydroxylation is 2. The Kier molecular flexibility index (Phi) is 2.96. The molecule has 1 aliphatic heterocycles. The van der Waals surface area contributed by atoms with Gasteiger partial charge in [0.2, 0.25) is 0 Å². The van der Waals surface area contributed by atoms with Crippen molar-refractivity contribution in [3.63, 3.8) is 0 Å². The molecule has 2 unspecified atom stereocenters. The highest BCUT2D eigenvalue weighted by Crippen LogP contribution is 2.22. The highest BCUT2D eigenvalue weighted by molar-refractivity contribution is 5.95. The Bertz CT molecular complexity index is 380. The number of anilines is 1. The largest absolute Gasteiger partial charge is 0.365 e. The zero-order valence-electron chi connectivity index (χ0n) is 9.83. The first-order valence-electron chi connectivity index (χ1n) is 5.56. The van der Waals surface area contributed by atoms with Crippen LogP contribution in [0.25, 0.3) is 0 Å². The van der Waals surface area contributed by atoms with Crippen LogP contribution < -0.4 is 5.32 Å². The van der Waals surface area contributed by atoms with Crippen molar-refractivity contribution in [2.75, 3.05) is 5.32 Å². The summed E-state index contributed by atoms with van der Waals surface area (Å²) in [6, 6.07) is 0. The second-order valence-electron chi connectivity index (χ2n) is 4.31. The highest BCUT2D eigenvalue weighted by Gasteiger charge is 2.28. The molecular formula is C11H17N3O2. The number of carbonyl (C=O) groups is 1. The van der Waals surface area contributed by atoms with Gasteiger partial charge in [0, 0.05) is 0 Å². The van der Waals surface area contributed by atoms with E-state index in [0.29, 0.717) is 0 Å². The Morgan fingerprint density at radius 3 is 2.75 bits per heavy atom. The van der Waals surface area contributed by atoms with Crippen LogP contribution in [0.4, 0.5) is 5.69 Å². The molecule has 0 spiro atoms. The average Bonchev–Trinajstić information content (AvgIpc) is 2.79. The Labute approximate surface area is 94.6 Å². The van der Waals surface area contributed by atoms with Gasteiger partial charge in [-0.3, -0.25) is 9.89 Å². The van der Waals surface area contributed by atoms with Crippen LogP contribution in [-0.4, -0.2) is 28.3 Å². The topological polar surface area (TPSA) is 67.0 Å². The molecule has 1 aromatic heterocycles. The first-order chi connectivity index (χ1) is 7.58. The number of ether oxygens (including phenoxy) is 1. The minimum Gasteiger partial charge on any atom is -0.365 e. The fourth-order valence-corrected chi connectivity index (χ4v) is 1.93. The number of carbonyl (C=O) groups excluding carboxylic acids is 1. The van der Waals surface area contributed by atoms with Crippen LogP contribution in [0.1, 0.15) is 31.2 Å². The summed E-state index contributed by atoms with van der Waals surface area (Å²) >= 11 is 0. The zero-order valence-corrected chi connectivity index (χ0v) is 9.83. The van der Waals surface area contributed by atoms with Crippen LogP contribution in [0.3, 0.4) is 0 Å². The molecule has 0 aliphatic carbocycles. The predicted octanol–water partition coefficient (Wildman–Crippen LogP) is 1.53. The standard InChI is InChI=1S/C11H17N3O2/c1-6-4-5-9(16-6)11(15)12-10-7(2)13-14-8(10)3/h6,9H,4-5H2,1-3H3,(H,12,15)(H,13,14). The van der Waals surface area contributed by atoms with Crippen molar-refractivity contribution in [2.45, 2.75) is 45.8 Å². The van der Waals surface area contributed by atoms with Crippen LogP contribution in [-0.2, 0) is 9.53 Å². The summed E-state index contributed by atoms with van der Waals surface area (Å²) in [6.45, 7) is 5.73. The molecule has 2 heterocycles. The highest BCUT2D eigenvalue weighted by atomic mass is 16.5. The number of nitrogens with zero attached hydrogens (tertiary/aromatic N) is 1. The van der Waals surface area contributed by atoms with Gasteiger partial charge in [-0.05, 0) is 33.6 Å². The van der Waals surface area contributed by atoms with Crippen molar-refractivity contribution in [1.82, 2.24) is 10.2 Å². The molecule has 1 aromatic rings. The summed E-state index contributed by atoms with van der Waals surface area (Å²) < 4.78 is 5.51. The van der Waals surface area contributed by atoms with Crippen molar-refractivity contribution < 1.29 is 9.53 Å². The molecule has 88 valence electrons. The molecule has 16 heavy (non-hydrogen) atoms. The van der Waals surface area contributed by atoms with E-state index in [0.717, 1.165) is 29.9 Å². The van der Waals surface area contributed by atoms with Crippen LogP contribution >= 0.6 is 0 Å². The maximum atomic E-state index is 11.9. The van der Waals surface area contributed by atoms with Crippen LogP contribution in [0.15, 0.2) is 0 Å². The monoisotopic (exact) mass is 223 g/mol. The van der Waals surface area contributed by atoms with E-state index in [1.807, 2.05) is 20.8 Å². The molecule has 2 N–H and O–H groups in total. The van der Waals surface area contributed by atoms with Crippen molar-refractivity contribution in [1.29, 1.82) is 0 Å². The van der Waals surface area contributed by atoms with Crippen LogP contribution in [0, 0.1) is 13.8 Å². The lowest BCUT2D eigenvalue weighted by atomic mass is 10.2. The van der Waals surface area contributed by atoms with Crippen LogP contribution in [0.5, 0.6) is 0 Å². The van der Waals surface area contributed by atoms with E-state index in [9.17, 15) is 4.79 Å². The minimum atomic E-state index is -0.316. The minimum absolute atomic E-state index is 0.0723. The van der Waals surface area contributed by atoms with E-state index in [4.69, 9.17) is 4.74 Å². The number of H-pyrrole nitrogens is 1. The van der Waals surface area contributed by atoms with E-state index in [1.54, 1.807) is 0 Å². The number of rotatable bonds is 2. The number of hydrogen-bond acceptors (Lipinski definition) is 3. The average molecular weight is 223 g/mol. The molecule has 5 nitrogen and oxygen atoms in total. The van der Waals surface area contributed by atoms with Crippen LogP contribution in [0.2, 0.25) is 0 Å². The molecule has 0 bridgehead atoms. The molecule has 0 saturated carbocycles. The van der Waals surface area contributed by atoms with Crippen molar-refractivity contribution in [3.05, 3.63) is 11.4 Å². The molecule has 1 amide bonds. The summed E-state index contributed by atoms with van der Waals surface area (Å²) in [5.41, 5.74) is 2.45.